The van der Waals surface area contributed by atoms with Crippen molar-refractivity contribution < 1.29 is 0 Å². The molecule has 0 radical (unpaired) electrons. The molecule has 244 valence electrons. The Morgan fingerprint density at radius 3 is 1.67 bits per heavy atom. The number of likely N-dealkylation sites (N-methyl/N-ethyl adjacent to an activating group) is 1. The highest BCUT2D eigenvalue weighted by Crippen LogP contribution is 2.30. The van der Waals surface area contributed by atoms with Gasteiger partial charge in [-0.2, -0.15) is 0 Å². The number of hydrogen-bond donors (Lipinski definition) is 1. The van der Waals surface area contributed by atoms with Crippen LogP contribution in [-0.4, -0.2) is 64.1 Å². The largest absolute Gasteiger partial charge is 0.372 e. The zero-order valence-corrected chi connectivity index (χ0v) is 29.6. The first-order valence-electron chi connectivity index (χ1n) is 16.4. The molecule has 0 fully saturated rings. The van der Waals surface area contributed by atoms with E-state index in [4.69, 9.17) is 11.6 Å². The Hall–Kier alpha value is -3.83. The van der Waals surface area contributed by atoms with Gasteiger partial charge < -0.3 is 15.5 Å². The zero-order valence-electron chi connectivity index (χ0n) is 28.9. The lowest BCUT2D eigenvalue weighted by Crippen LogP contribution is -2.24. The summed E-state index contributed by atoms with van der Waals surface area (Å²) in [5, 5.41) is 0. The van der Waals surface area contributed by atoms with Crippen molar-refractivity contribution in [3.63, 3.8) is 0 Å². The molecule has 0 unspecified atom stereocenters. The van der Waals surface area contributed by atoms with Gasteiger partial charge in [0.25, 0.3) is 0 Å². The molecule has 0 atom stereocenters. The second-order valence-electron chi connectivity index (χ2n) is 11.4. The van der Waals surface area contributed by atoms with Crippen LogP contribution in [0, 0.1) is 6.92 Å². The Bertz CT molecular complexity index is 1470. The molecule has 2 N–H and O–H groups in total. The number of aryl methyl sites for hydroxylation is 1. The number of alkyl halides is 1. The monoisotopic (exact) mass is 636 g/mol. The Morgan fingerprint density at radius 2 is 1.20 bits per heavy atom. The Kier molecular flexibility index (Phi) is 15.1. The third-order valence-electron chi connectivity index (χ3n) is 8.33. The van der Waals surface area contributed by atoms with Crippen molar-refractivity contribution in [1.29, 1.82) is 0 Å². The number of hydrogen-bond acceptors (Lipinski definition) is 4. The standard InChI is InChI=1S/C40H48ClN3.CH5N/c1-7-43(8-2)37-25-19-34(20-26-37)40(33-17-23-36(24-18-33)42(5)6)12-10-11-39(32-15-13-31(4)14-16-32)35-21-27-38(28-22-35)44(9-3)30-29-41;1-2/h10-28,36H,7-9,29-30H2,1-6H3;2H2,1H3. The molecule has 0 aromatic heterocycles. The topological polar surface area (TPSA) is 35.7 Å². The van der Waals surface area contributed by atoms with Gasteiger partial charge in [-0.3, -0.25) is 4.90 Å². The van der Waals surface area contributed by atoms with Gasteiger partial charge in [-0.05, 0) is 107 Å². The lowest BCUT2D eigenvalue weighted by Gasteiger charge is -2.22. The van der Waals surface area contributed by atoms with E-state index in [0.29, 0.717) is 11.9 Å². The van der Waals surface area contributed by atoms with E-state index in [0.717, 1.165) is 26.2 Å². The average molecular weight is 637 g/mol. The van der Waals surface area contributed by atoms with Crippen LogP contribution in [0.15, 0.2) is 121 Å². The highest BCUT2D eigenvalue weighted by Gasteiger charge is 2.12. The molecule has 0 aliphatic heterocycles. The lowest BCUT2D eigenvalue weighted by atomic mass is 9.93. The summed E-state index contributed by atoms with van der Waals surface area (Å²) in [5.41, 5.74) is 15.4. The Balaban J connectivity index is 0.00000282. The maximum atomic E-state index is 6.06. The summed E-state index contributed by atoms with van der Waals surface area (Å²) in [7, 11) is 5.73. The maximum absolute atomic E-state index is 6.06. The van der Waals surface area contributed by atoms with Crippen LogP contribution >= 0.6 is 11.6 Å². The molecular weight excluding hydrogens is 584 g/mol. The minimum atomic E-state index is 0.304. The summed E-state index contributed by atoms with van der Waals surface area (Å²) >= 11 is 6.06. The summed E-state index contributed by atoms with van der Waals surface area (Å²) in [4.78, 5) is 6.91. The predicted molar refractivity (Wildman–Crippen MR) is 205 cm³/mol. The van der Waals surface area contributed by atoms with Crippen LogP contribution in [0.3, 0.4) is 0 Å². The van der Waals surface area contributed by atoms with Crippen molar-refractivity contribution in [1.82, 2.24) is 4.90 Å². The van der Waals surface area contributed by atoms with Crippen LogP contribution in [0.5, 0.6) is 0 Å². The molecule has 0 spiro atoms. The molecule has 3 aromatic carbocycles. The first-order valence-corrected chi connectivity index (χ1v) is 17.0. The maximum Gasteiger partial charge on any atom is 0.0462 e. The number of benzene rings is 3. The van der Waals surface area contributed by atoms with Crippen molar-refractivity contribution >= 4 is 34.1 Å². The summed E-state index contributed by atoms with van der Waals surface area (Å²) in [6.45, 7) is 12.5. The van der Waals surface area contributed by atoms with Gasteiger partial charge in [0.05, 0.1) is 0 Å². The number of anilines is 2. The molecule has 0 saturated carbocycles. The Labute approximate surface area is 283 Å². The molecule has 1 aliphatic rings. The molecule has 0 saturated heterocycles. The van der Waals surface area contributed by atoms with Crippen LogP contribution in [0.4, 0.5) is 11.4 Å². The highest BCUT2D eigenvalue weighted by molar-refractivity contribution is 6.18. The first kappa shape index (κ1) is 36.6. The molecule has 46 heavy (non-hydrogen) atoms. The number of halogens is 1. The fraction of sp³-hybridized carbons (Fsp3) is 0.317. The third kappa shape index (κ3) is 9.83. The molecule has 3 aromatic rings. The quantitative estimate of drug-likeness (QED) is 0.150. The molecular formula is C41H53ClN4. The van der Waals surface area contributed by atoms with Crippen LogP contribution in [-0.2, 0) is 0 Å². The summed E-state index contributed by atoms with van der Waals surface area (Å²) in [6.07, 6.45) is 15.8. The van der Waals surface area contributed by atoms with Crippen molar-refractivity contribution in [3.8, 4) is 0 Å². The summed E-state index contributed by atoms with van der Waals surface area (Å²) in [6, 6.07) is 27.0. The van der Waals surface area contributed by atoms with E-state index in [1.165, 1.54) is 57.4 Å². The van der Waals surface area contributed by atoms with Crippen LogP contribution in [0.1, 0.15) is 43.0 Å². The van der Waals surface area contributed by atoms with E-state index in [-0.39, 0.29) is 0 Å². The van der Waals surface area contributed by atoms with E-state index in [9.17, 15) is 0 Å². The minimum absolute atomic E-state index is 0.304. The van der Waals surface area contributed by atoms with Gasteiger partial charge >= 0.3 is 0 Å². The van der Waals surface area contributed by atoms with Crippen LogP contribution in [0.25, 0.3) is 11.1 Å². The van der Waals surface area contributed by atoms with E-state index in [1.54, 1.807) is 0 Å². The van der Waals surface area contributed by atoms with E-state index in [2.05, 4.69) is 178 Å². The lowest BCUT2D eigenvalue weighted by molar-refractivity contribution is 0.390. The van der Waals surface area contributed by atoms with E-state index >= 15 is 0 Å². The van der Waals surface area contributed by atoms with Gasteiger partial charge in [0.1, 0.15) is 0 Å². The third-order valence-corrected chi connectivity index (χ3v) is 8.50. The smallest absolute Gasteiger partial charge is 0.0462 e. The molecule has 4 rings (SSSR count). The van der Waals surface area contributed by atoms with Crippen molar-refractivity contribution in [2.24, 2.45) is 5.73 Å². The first-order chi connectivity index (χ1) is 22.4. The average Bonchev–Trinajstić information content (AvgIpc) is 3.10. The predicted octanol–water partition coefficient (Wildman–Crippen LogP) is 8.98. The SMILES string of the molecule is CCN(CC)c1ccc(C(C=CC=C(c2ccc(C)cc2)c2ccc(N(CC)CCCl)cc2)=C2C=CC(N(C)C)C=C2)cc1.CN. The van der Waals surface area contributed by atoms with Crippen molar-refractivity contribution in [2.45, 2.75) is 33.7 Å². The normalized spacial score (nSPS) is 14.4. The van der Waals surface area contributed by atoms with Gasteiger partial charge in [-0.1, -0.05) is 96.6 Å². The van der Waals surface area contributed by atoms with Gasteiger partial charge in [0.2, 0.25) is 0 Å². The van der Waals surface area contributed by atoms with Crippen molar-refractivity contribution in [2.75, 3.05) is 63.0 Å². The van der Waals surface area contributed by atoms with Crippen LogP contribution < -0.4 is 15.5 Å². The van der Waals surface area contributed by atoms with E-state index < -0.39 is 0 Å². The molecule has 5 heteroatoms. The minimum Gasteiger partial charge on any atom is -0.372 e. The summed E-state index contributed by atoms with van der Waals surface area (Å²) < 4.78 is 0. The highest BCUT2D eigenvalue weighted by atomic mass is 35.5. The zero-order chi connectivity index (χ0) is 33.5. The molecule has 0 heterocycles. The fourth-order valence-corrected chi connectivity index (χ4v) is 5.81. The van der Waals surface area contributed by atoms with Gasteiger partial charge in [-0.15, -0.1) is 11.6 Å². The summed E-state index contributed by atoms with van der Waals surface area (Å²) in [5.74, 6) is 0.616. The second-order valence-corrected chi connectivity index (χ2v) is 11.8. The van der Waals surface area contributed by atoms with E-state index in [1.807, 2.05) is 0 Å². The number of allylic oxidation sites excluding steroid dienone is 7. The molecule has 0 amide bonds. The number of rotatable bonds is 13. The van der Waals surface area contributed by atoms with Crippen molar-refractivity contribution in [3.05, 3.63) is 143 Å². The fourth-order valence-electron chi connectivity index (χ4n) is 5.60. The number of nitrogens with zero attached hydrogens (tertiary/aromatic N) is 3. The molecule has 4 nitrogen and oxygen atoms in total. The van der Waals surface area contributed by atoms with Gasteiger partial charge in [0, 0.05) is 49.5 Å². The molecule has 0 bridgehead atoms. The van der Waals surface area contributed by atoms with Crippen LogP contribution in [0.2, 0.25) is 0 Å². The Morgan fingerprint density at radius 1 is 0.717 bits per heavy atom. The van der Waals surface area contributed by atoms with Gasteiger partial charge in [-0.25, -0.2) is 0 Å². The van der Waals surface area contributed by atoms with Gasteiger partial charge in [0.15, 0.2) is 0 Å². The molecule has 1 aliphatic carbocycles. The second kappa shape index (κ2) is 19.0. The number of nitrogens with two attached hydrogens (primary N) is 1.